The summed E-state index contributed by atoms with van der Waals surface area (Å²) in [4.78, 5) is 41.8. The molecule has 27 heavy (non-hydrogen) atoms. The first-order valence-electron chi connectivity index (χ1n) is 8.60. The molecule has 1 N–H and O–H groups in total. The Bertz CT molecular complexity index is 946. The molecule has 0 radical (unpaired) electrons. The predicted octanol–water partition coefficient (Wildman–Crippen LogP) is 2.96. The van der Waals surface area contributed by atoms with Crippen molar-refractivity contribution in [1.29, 1.82) is 0 Å². The molecule has 0 aliphatic carbocycles. The van der Waals surface area contributed by atoms with Gasteiger partial charge in [0.15, 0.2) is 0 Å². The molecule has 7 nitrogen and oxygen atoms in total. The van der Waals surface area contributed by atoms with E-state index in [0.717, 1.165) is 21.4 Å². The molecule has 2 aromatic rings. The fraction of sp³-hybridized carbons (Fsp3) is 0.368. The van der Waals surface area contributed by atoms with Gasteiger partial charge in [-0.05, 0) is 31.9 Å². The number of imide groups is 1. The van der Waals surface area contributed by atoms with Crippen LogP contribution < -0.4 is 5.32 Å². The van der Waals surface area contributed by atoms with E-state index in [2.05, 4.69) is 10.3 Å². The van der Waals surface area contributed by atoms with Crippen LogP contribution >= 0.6 is 11.6 Å². The number of benzene rings is 1. The van der Waals surface area contributed by atoms with Crippen molar-refractivity contribution in [3.8, 4) is 0 Å². The summed E-state index contributed by atoms with van der Waals surface area (Å²) in [6, 6.07) is 6.93. The highest BCUT2D eigenvalue weighted by Crippen LogP contribution is 2.27. The van der Waals surface area contributed by atoms with Gasteiger partial charge in [0, 0.05) is 5.39 Å². The lowest BCUT2D eigenvalue weighted by atomic mass is 9.99. The molecule has 1 aromatic heterocycles. The maximum Gasteiger partial charge on any atom is 0.326 e. The van der Waals surface area contributed by atoms with Crippen LogP contribution in [-0.4, -0.2) is 39.9 Å². The van der Waals surface area contributed by atoms with Crippen molar-refractivity contribution in [2.75, 3.05) is 6.54 Å². The zero-order valence-electron chi connectivity index (χ0n) is 15.3. The summed E-state index contributed by atoms with van der Waals surface area (Å²) in [5, 5.41) is 3.94. The number of carbonyl (C=O) groups excluding carboxylic acids is 3. The standard InChI is InChI=1S/C19H20ClN3O4/c1-4-19(3)17(25)23(18(26)22-19)9-15(24)27-10-14-16(20)11(2)12-7-5-6-8-13(12)21-14/h5-8H,4,9-10H2,1-3H3,(H,22,26)/t19-/m1/s1. The number of esters is 1. The van der Waals surface area contributed by atoms with Gasteiger partial charge in [-0.25, -0.2) is 9.78 Å². The number of ether oxygens (including phenoxy) is 1. The largest absolute Gasteiger partial charge is 0.458 e. The number of carbonyl (C=O) groups is 3. The number of halogens is 1. The van der Waals surface area contributed by atoms with Gasteiger partial charge in [0.1, 0.15) is 18.7 Å². The summed E-state index contributed by atoms with van der Waals surface area (Å²) in [7, 11) is 0. The number of nitrogens with one attached hydrogen (secondary N) is 1. The molecule has 0 spiro atoms. The smallest absolute Gasteiger partial charge is 0.326 e. The molecule has 1 saturated heterocycles. The molecule has 3 rings (SSSR count). The summed E-state index contributed by atoms with van der Waals surface area (Å²) in [6.45, 7) is 4.69. The van der Waals surface area contributed by atoms with E-state index in [0.29, 0.717) is 17.1 Å². The number of amides is 3. The summed E-state index contributed by atoms with van der Waals surface area (Å²) in [5.74, 6) is -1.15. The Morgan fingerprint density at radius 2 is 2.04 bits per heavy atom. The topological polar surface area (TPSA) is 88.6 Å². The molecule has 0 unspecified atom stereocenters. The summed E-state index contributed by atoms with van der Waals surface area (Å²) < 4.78 is 5.21. The molecule has 1 fully saturated rings. The molecular formula is C19H20ClN3O4. The van der Waals surface area contributed by atoms with Gasteiger partial charge in [-0.1, -0.05) is 36.7 Å². The third-order valence-electron chi connectivity index (χ3n) is 4.86. The highest BCUT2D eigenvalue weighted by atomic mass is 35.5. The summed E-state index contributed by atoms with van der Waals surface area (Å²) >= 11 is 6.35. The van der Waals surface area contributed by atoms with E-state index in [1.165, 1.54) is 0 Å². The van der Waals surface area contributed by atoms with E-state index >= 15 is 0 Å². The fourth-order valence-corrected chi connectivity index (χ4v) is 3.17. The van der Waals surface area contributed by atoms with E-state index in [1.807, 2.05) is 31.2 Å². The first-order chi connectivity index (χ1) is 12.8. The lowest BCUT2D eigenvalue weighted by Gasteiger charge is -2.19. The number of nitrogens with zero attached hydrogens (tertiary/aromatic N) is 2. The van der Waals surface area contributed by atoms with Crippen molar-refractivity contribution in [1.82, 2.24) is 15.2 Å². The van der Waals surface area contributed by atoms with Gasteiger partial charge >= 0.3 is 12.0 Å². The van der Waals surface area contributed by atoms with Gasteiger partial charge in [0.25, 0.3) is 5.91 Å². The highest BCUT2D eigenvalue weighted by Gasteiger charge is 2.47. The van der Waals surface area contributed by atoms with Gasteiger partial charge in [0.05, 0.1) is 16.2 Å². The van der Waals surface area contributed by atoms with Crippen molar-refractivity contribution in [2.45, 2.75) is 39.3 Å². The first-order valence-corrected chi connectivity index (χ1v) is 8.98. The SMILES string of the molecule is CC[C@@]1(C)NC(=O)N(CC(=O)OCc2nc3ccccc3c(C)c2Cl)C1=O. The van der Waals surface area contributed by atoms with Crippen molar-refractivity contribution in [3.63, 3.8) is 0 Å². The van der Waals surface area contributed by atoms with Gasteiger partial charge in [-0.2, -0.15) is 0 Å². The minimum atomic E-state index is -0.988. The monoisotopic (exact) mass is 389 g/mol. The summed E-state index contributed by atoms with van der Waals surface area (Å²) in [5.41, 5.74) is 1.04. The molecule has 8 heteroatoms. The molecule has 1 aliphatic rings. The average molecular weight is 390 g/mol. The number of pyridine rings is 1. The third kappa shape index (κ3) is 3.47. The second kappa shape index (κ2) is 7.15. The van der Waals surface area contributed by atoms with Crippen molar-refractivity contribution in [3.05, 3.63) is 40.5 Å². The Morgan fingerprint density at radius 3 is 2.70 bits per heavy atom. The number of fused-ring (bicyclic) bond motifs is 1. The Kier molecular flexibility index (Phi) is 5.06. The highest BCUT2D eigenvalue weighted by molar-refractivity contribution is 6.32. The Balaban J connectivity index is 1.70. The van der Waals surface area contributed by atoms with Crippen LogP contribution in [0.2, 0.25) is 5.02 Å². The minimum Gasteiger partial charge on any atom is -0.458 e. The van der Waals surface area contributed by atoms with Gasteiger partial charge < -0.3 is 10.1 Å². The number of hydrogen-bond acceptors (Lipinski definition) is 5. The normalized spacial score (nSPS) is 19.5. The number of hydrogen-bond donors (Lipinski definition) is 1. The van der Waals surface area contributed by atoms with E-state index < -0.39 is 30.0 Å². The number of para-hydroxylation sites is 1. The Labute approximate surface area is 161 Å². The maximum atomic E-state index is 12.3. The van der Waals surface area contributed by atoms with Crippen LogP contribution in [0.3, 0.4) is 0 Å². The van der Waals surface area contributed by atoms with E-state index in [1.54, 1.807) is 13.8 Å². The van der Waals surface area contributed by atoms with E-state index in [9.17, 15) is 14.4 Å². The number of aromatic nitrogens is 1. The van der Waals surface area contributed by atoms with Crippen LogP contribution in [0.15, 0.2) is 24.3 Å². The van der Waals surface area contributed by atoms with Crippen molar-refractivity contribution in [2.24, 2.45) is 0 Å². The lowest BCUT2D eigenvalue weighted by Crippen LogP contribution is -2.43. The molecule has 142 valence electrons. The summed E-state index contributed by atoms with van der Waals surface area (Å²) in [6.07, 6.45) is 0.430. The van der Waals surface area contributed by atoms with Crippen LogP contribution in [0, 0.1) is 6.92 Å². The predicted molar refractivity (Wildman–Crippen MR) is 100 cm³/mol. The molecule has 1 aliphatic heterocycles. The number of aryl methyl sites for hydroxylation is 1. The molecule has 3 amide bonds. The van der Waals surface area contributed by atoms with Crippen molar-refractivity contribution >= 4 is 40.4 Å². The lowest BCUT2D eigenvalue weighted by molar-refractivity contribution is -0.148. The van der Waals surface area contributed by atoms with Crippen LogP contribution in [0.4, 0.5) is 4.79 Å². The second-order valence-electron chi connectivity index (χ2n) is 6.68. The minimum absolute atomic E-state index is 0.141. The molecular weight excluding hydrogens is 370 g/mol. The quantitative estimate of drug-likeness (QED) is 0.627. The molecule has 2 heterocycles. The van der Waals surface area contributed by atoms with E-state index in [4.69, 9.17) is 16.3 Å². The molecule has 1 atom stereocenters. The van der Waals surface area contributed by atoms with E-state index in [-0.39, 0.29) is 6.61 Å². The third-order valence-corrected chi connectivity index (χ3v) is 5.36. The average Bonchev–Trinajstić information content (AvgIpc) is 2.87. The van der Waals surface area contributed by atoms with Crippen LogP contribution in [0.5, 0.6) is 0 Å². The van der Waals surface area contributed by atoms with Gasteiger partial charge in [-0.3, -0.25) is 14.5 Å². The Hall–Kier alpha value is -2.67. The number of urea groups is 1. The first kappa shape index (κ1) is 19.1. The Morgan fingerprint density at radius 1 is 1.33 bits per heavy atom. The van der Waals surface area contributed by atoms with Gasteiger partial charge in [0.2, 0.25) is 0 Å². The molecule has 1 aromatic carbocycles. The van der Waals surface area contributed by atoms with Crippen molar-refractivity contribution < 1.29 is 19.1 Å². The molecule has 0 saturated carbocycles. The van der Waals surface area contributed by atoms with Crippen LogP contribution in [0.25, 0.3) is 10.9 Å². The molecule has 0 bridgehead atoms. The van der Waals surface area contributed by atoms with Crippen LogP contribution in [0.1, 0.15) is 31.5 Å². The second-order valence-corrected chi connectivity index (χ2v) is 7.06. The fourth-order valence-electron chi connectivity index (χ4n) is 2.97. The zero-order valence-corrected chi connectivity index (χ0v) is 16.1. The zero-order chi connectivity index (χ0) is 19.8. The van der Waals surface area contributed by atoms with Crippen LogP contribution in [-0.2, 0) is 20.9 Å². The van der Waals surface area contributed by atoms with Gasteiger partial charge in [-0.15, -0.1) is 0 Å². The number of rotatable bonds is 5. The maximum absolute atomic E-state index is 12.3.